The number of benzene rings is 1. The highest BCUT2D eigenvalue weighted by atomic mass is 16.4. The van der Waals surface area contributed by atoms with Gasteiger partial charge in [0.2, 0.25) is 0 Å². The van der Waals surface area contributed by atoms with Crippen LogP contribution in [0.4, 0.5) is 10.5 Å². The highest BCUT2D eigenvalue weighted by Gasteiger charge is 2.33. The van der Waals surface area contributed by atoms with E-state index in [1.807, 2.05) is 4.90 Å². The zero-order chi connectivity index (χ0) is 14.3. The van der Waals surface area contributed by atoms with Gasteiger partial charge in [0.1, 0.15) is 0 Å². The molecule has 0 radical (unpaired) electrons. The average molecular weight is 274 g/mol. The summed E-state index contributed by atoms with van der Waals surface area (Å²) in [5, 5.41) is 9.01. The standard InChI is InChI=1S/C15H18N2O3/c1-10-3-2-7-16(10)15(20)17-8-6-11-9-12(14(18)19)4-5-13(11)17/h4-5,9-10H,2-3,6-8H2,1H3,(H,18,19). The van der Waals surface area contributed by atoms with Crippen LogP contribution >= 0.6 is 0 Å². The fraction of sp³-hybridized carbons (Fsp3) is 0.467. The van der Waals surface area contributed by atoms with E-state index in [1.165, 1.54) is 0 Å². The number of fused-ring (bicyclic) bond motifs is 1. The number of rotatable bonds is 1. The lowest BCUT2D eigenvalue weighted by atomic mass is 10.1. The molecule has 1 N–H and O–H groups in total. The number of nitrogens with zero attached hydrogens (tertiary/aromatic N) is 2. The Bertz CT molecular complexity index is 570. The number of urea groups is 1. The molecular weight excluding hydrogens is 256 g/mol. The van der Waals surface area contributed by atoms with Crippen molar-refractivity contribution in [2.45, 2.75) is 32.2 Å². The van der Waals surface area contributed by atoms with E-state index in [9.17, 15) is 9.59 Å². The maximum Gasteiger partial charge on any atom is 0.335 e. The number of carbonyl (C=O) groups excluding carboxylic acids is 1. The number of carbonyl (C=O) groups is 2. The van der Waals surface area contributed by atoms with Gasteiger partial charge in [-0.1, -0.05) is 0 Å². The molecule has 2 heterocycles. The van der Waals surface area contributed by atoms with Crippen LogP contribution in [0.15, 0.2) is 18.2 Å². The molecular formula is C15H18N2O3. The molecule has 0 bridgehead atoms. The predicted octanol–water partition coefficient (Wildman–Crippen LogP) is 2.35. The Morgan fingerprint density at radius 2 is 2.10 bits per heavy atom. The van der Waals surface area contributed by atoms with Crippen molar-refractivity contribution in [2.75, 3.05) is 18.0 Å². The Morgan fingerprint density at radius 3 is 2.75 bits per heavy atom. The first kappa shape index (κ1) is 13.0. The van der Waals surface area contributed by atoms with Gasteiger partial charge < -0.3 is 10.0 Å². The zero-order valence-electron chi connectivity index (χ0n) is 11.5. The summed E-state index contributed by atoms with van der Waals surface area (Å²) in [5.41, 5.74) is 2.09. The topological polar surface area (TPSA) is 60.9 Å². The Morgan fingerprint density at radius 1 is 1.30 bits per heavy atom. The summed E-state index contributed by atoms with van der Waals surface area (Å²) < 4.78 is 0. The second kappa shape index (κ2) is 4.81. The molecule has 1 fully saturated rings. The van der Waals surface area contributed by atoms with Crippen LogP contribution in [0.2, 0.25) is 0 Å². The molecule has 20 heavy (non-hydrogen) atoms. The normalized spacial score (nSPS) is 21.1. The van der Waals surface area contributed by atoms with Gasteiger partial charge in [-0.15, -0.1) is 0 Å². The molecule has 0 aliphatic carbocycles. The van der Waals surface area contributed by atoms with Crippen molar-refractivity contribution in [1.29, 1.82) is 0 Å². The van der Waals surface area contributed by atoms with Gasteiger partial charge in [-0.05, 0) is 49.9 Å². The van der Waals surface area contributed by atoms with Crippen molar-refractivity contribution < 1.29 is 14.7 Å². The second-order valence-electron chi connectivity index (χ2n) is 5.52. The van der Waals surface area contributed by atoms with Crippen LogP contribution in [0.25, 0.3) is 0 Å². The van der Waals surface area contributed by atoms with Crippen molar-refractivity contribution in [3.63, 3.8) is 0 Å². The SMILES string of the molecule is CC1CCCN1C(=O)N1CCc2cc(C(=O)O)ccc21. The molecule has 2 aliphatic heterocycles. The number of hydrogen-bond donors (Lipinski definition) is 1. The maximum absolute atomic E-state index is 12.6. The number of carboxylic acids is 1. The van der Waals surface area contributed by atoms with Crippen LogP contribution in [-0.2, 0) is 6.42 Å². The van der Waals surface area contributed by atoms with Gasteiger partial charge >= 0.3 is 12.0 Å². The van der Waals surface area contributed by atoms with E-state index in [0.29, 0.717) is 12.6 Å². The molecule has 1 unspecified atom stereocenters. The van der Waals surface area contributed by atoms with Gasteiger partial charge in [0.15, 0.2) is 0 Å². The molecule has 2 aliphatic rings. The van der Waals surface area contributed by atoms with Gasteiger partial charge in [-0.3, -0.25) is 4.90 Å². The smallest absolute Gasteiger partial charge is 0.335 e. The zero-order valence-corrected chi connectivity index (χ0v) is 11.5. The molecule has 3 rings (SSSR count). The number of carboxylic acid groups (broad SMARTS) is 1. The fourth-order valence-corrected chi connectivity index (χ4v) is 3.11. The van der Waals surface area contributed by atoms with Crippen molar-refractivity contribution >= 4 is 17.7 Å². The lowest BCUT2D eigenvalue weighted by Crippen LogP contribution is -2.44. The lowest BCUT2D eigenvalue weighted by molar-refractivity contribution is 0.0697. The maximum atomic E-state index is 12.6. The van der Waals surface area contributed by atoms with Crippen molar-refractivity contribution in [3.05, 3.63) is 29.3 Å². The van der Waals surface area contributed by atoms with E-state index in [4.69, 9.17) is 5.11 Å². The highest BCUT2D eigenvalue weighted by Crippen LogP contribution is 2.31. The number of hydrogen-bond acceptors (Lipinski definition) is 2. The van der Waals surface area contributed by atoms with Crippen LogP contribution in [0.5, 0.6) is 0 Å². The van der Waals surface area contributed by atoms with E-state index in [0.717, 1.165) is 37.1 Å². The first-order chi connectivity index (χ1) is 9.58. The van der Waals surface area contributed by atoms with Crippen LogP contribution < -0.4 is 4.90 Å². The van der Waals surface area contributed by atoms with Gasteiger partial charge in [-0.2, -0.15) is 0 Å². The number of likely N-dealkylation sites (tertiary alicyclic amines) is 1. The van der Waals surface area contributed by atoms with Crippen LogP contribution in [0.3, 0.4) is 0 Å². The molecule has 1 aromatic carbocycles. The minimum Gasteiger partial charge on any atom is -0.478 e. The van der Waals surface area contributed by atoms with Crippen LogP contribution in [0.1, 0.15) is 35.7 Å². The molecule has 0 saturated carbocycles. The summed E-state index contributed by atoms with van der Waals surface area (Å²) >= 11 is 0. The summed E-state index contributed by atoms with van der Waals surface area (Å²) in [7, 11) is 0. The van der Waals surface area contributed by atoms with Gasteiger partial charge in [-0.25, -0.2) is 9.59 Å². The van der Waals surface area contributed by atoms with E-state index < -0.39 is 5.97 Å². The third-order valence-corrected chi connectivity index (χ3v) is 4.25. The second-order valence-corrected chi connectivity index (χ2v) is 5.52. The summed E-state index contributed by atoms with van der Waals surface area (Å²) in [6.45, 7) is 3.54. The summed E-state index contributed by atoms with van der Waals surface area (Å²) in [6, 6.07) is 5.35. The summed E-state index contributed by atoms with van der Waals surface area (Å²) in [5.74, 6) is -0.925. The van der Waals surface area contributed by atoms with Crippen molar-refractivity contribution in [2.24, 2.45) is 0 Å². The average Bonchev–Trinajstić information content (AvgIpc) is 3.03. The van der Waals surface area contributed by atoms with E-state index >= 15 is 0 Å². The fourth-order valence-electron chi connectivity index (χ4n) is 3.11. The molecule has 2 amide bonds. The predicted molar refractivity (Wildman–Crippen MR) is 75.2 cm³/mol. The van der Waals surface area contributed by atoms with Crippen LogP contribution in [-0.4, -0.2) is 41.1 Å². The summed E-state index contributed by atoms with van der Waals surface area (Å²) in [6.07, 6.45) is 2.85. The van der Waals surface area contributed by atoms with E-state index in [2.05, 4.69) is 6.92 Å². The molecule has 106 valence electrons. The largest absolute Gasteiger partial charge is 0.478 e. The van der Waals surface area contributed by atoms with E-state index in [1.54, 1.807) is 23.1 Å². The Kier molecular flexibility index (Phi) is 3.12. The Hall–Kier alpha value is -2.04. The van der Waals surface area contributed by atoms with Crippen LogP contribution in [0, 0.1) is 0 Å². The van der Waals surface area contributed by atoms with Crippen molar-refractivity contribution in [3.8, 4) is 0 Å². The molecule has 1 saturated heterocycles. The van der Waals surface area contributed by atoms with E-state index in [-0.39, 0.29) is 11.6 Å². The molecule has 0 aromatic heterocycles. The van der Waals surface area contributed by atoms with Gasteiger partial charge in [0.25, 0.3) is 0 Å². The van der Waals surface area contributed by atoms with Crippen molar-refractivity contribution in [1.82, 2.24) is 4.90 Å². The Labute approximate surface area is 117 Å². The number of amides is 2. The highest BCUT2D eigenvalue weighted by molar-refractivity contribution is 5.96. The first-order valence-corrected chi connectivity index (χ1v) is 7.02. The van der Waals surface area contributed by atoms with Gasteiger partial charge in [0.05, 0.1) is 5.56 Å². The minimum atomic E-state index is -0.925. The summed E-state index contributed by atoms with van der Waals surface area (Å²) in [4.78, 5) is 27.3. The molecule has 1 atom stereocenters. The monoisotopic (exact) mass is 274 g/mol. The minimum absolute atomic E-state index is 0.0526. The molecule has 0 spiro atoms. The quantitative estimate of drug-likeness (QED) is 0.855. The Balaban J connectivity index is 1.86. The third-order valence-electron chi connectivity index (χ3n) is 4.25. The number of anilines is 1. The first-order valence-electron chi connectivity index (χ1n) is 7.02. The number of aromatic carboxylic acids is 1. The molecule has 5 nitrogen and oxygen atoms in total. The third kappa shape index (κ3) is 2.03. The molecule has 1 aromatic rings. The lowest BCUT2D eigenvalue weighted by Gasteiger charge is -2.28. The molecule has 5 heteroatoms. The van der Waals surface area contributed by atoms with Gasteiger partial charge in [0, 0.05) is 24.8 Å².